The molecule has 11 nitrogen and oxygen atoms in total. The number of aliphatic hydroxyl groups is 1. The second-order valence-electron chi connectivity index (χ2n) is 6.67. The summed E-state index contributed by atoms with van der Waals surface area (Å²) in [6.07, 6.45) is 5.27. The van der Waals surface area contributed by atoms with Crippen LogP contribution in [0.15, 0.2) is 36.2 Å². The number of hydrogen-bond donors (Lipinski definition) is 4. The summed E-state index contributed by atoms with van der Waals surface area (Å²) in [7, 11) is 0. The van der Waals surface area contributed by atoms with Gasteiger partial charge in [0.25, 0.3) is 5.91 Å². The number of nitrogens with one attached hydrogen (secondary N) is 2. The Balaban J connectivity index is 1.75. The molecule has 1 aliphatic rings. The van der Waals surface area contributed by atoms with Crippen LogP contribution in [-0.4, -0.2) is 43.0 Å². The fourth-order valence-electron chi connectivity index (χ4n) is 2.70. The fraction of sp³-hybridized carbons (Fsp3) is 0.211. The maximum absolute atomic E-state index is 11.6. The third-order valence-electron chi connectivity index (χ3n) is 4.38. The number of aliphatic hydroxyl groups excluding tert-OH is 1. The Kier molecular flexibility index (Phi) is 5.26. The number of primary amides is 1. The maximum atomic E-state index is 11.6. The van der Waals surface area contributed by atoms with Gasteiger partial charge >= 0.3 is 6.01 Å². The van der Waals surface area contributed by atoms with E-state index in [0.717, 1.165) is 18.4 Å². The molecule has 0 bridgehead atoms. The Bertz CT molecular complexity index is 1120. The standard InChI is InChI=1S/C19H19N7O4/c20-16(29)15(21-10-28)7-12-8-22-26-17(12)24-19(25-18(26)23-13-3-4-13)30-14-5-1-11(9-27)2-6-14/h1-2,5-8,10,13,27H,3-4,9H2,(H2,20,29)(H,21,28)(H,23,24,25). The van der Waals surface area contributed by atoms with Crippen LogP contribution in [0.4, 0.5) is 5.95 Å². The van der Waals surface area contributed by atoms with Gasteiger partial charge in [0, 0.05) is 11.6 Å². The highest BCUT2D eigenvalue weighted by molar-refractivity contribution is 5.98. The summed E-state index contributed by atoms with van der Waals surface area (Å²) >= 11 is 0. The number of fused-ring (bicyclic) bond motifs is 1. The van der Waals surface area contributed by atoms with Gasteiger partial charge in [-0.25, -0.2) is 0 Å². The SMILES string of the molecule is NC(=O)C(=Cc1cnn2c(NC3CC3)nc(Oc3ccc(CO)cc3)nc12)NC=O. The minimum Gasteiger partial charge on any atom is -0.424 e. The molecule has 0 aliphatic heterocycles. The van der Waals surface area contributed by atoms with E-state index in [-0.39, 0.29) is 18.3 Å². The number of ether oxygens (including phenoxy) is 1. The molecule has 0 spiro atoms. The first-order valence-electron chi connectivity index (χ1n) is 9.19. The molecule has 1 saturated carbocycles. The molecule has 0 unspecified atom stereocenters. The van der Waals surface area contributed by atoms with Gasteiger partial charge in [-0.15, -0.1) is 0 Å². The third-order valence-corrected chi connectivity index (χ3v) is 4.38. The molecule has 11 heteroatoms. The Hall–Kier alpha value is -3.99. The van der Waals surface area contributed by atoms with Gasteiger partial charge in [-0.2, -0.15) is 19.6 Å². The van der Waals surface area contributed by atoms with E-state index >= 15 is 0 Å². The normalized spacial score (nSPS) is 13.8. The lowest BCUT2D eigenvalue weighted by molar-refractivity contribution is -0.116. The van der Waals surface area contributed by atoms with Gasteiger partial charge in [-0.1, -0.05) is 12.1 Å². The summed E-state index contributed by atoms with van der Waals surface area (Å²) in [4.78, 5) is 31.1. The van der Waals surface area contributed by atoms with E-state index < -0.39 is 5.91 Å². The van der Waals surface area contributed by atoms with Crippen molar-refractivity contribution in [2.75, 3.05) is 5.32 Å². The minimum absolute atomic E-state index is 0.0687. The zero-order valence-electron chi connectivity index (χ0n) is 15.8. The molecular weight excluding hydrogens is 390 g/mol. The van der Waals surface area contributed by atoms with Crippen LogP contribution in [0.1, 0.15) is 24.0 Å². The smallest absolute Gasteiger partial charge is 0.327 e. The molecular formula is C19H19N7O4. The summed E-state index contributed by atoms with van der Waals surface area (Å²) in [5, 5.41) is 19.0. The molecule has 4 rings (SSSR count). The highest BCUT2D eigenvalue weighted by Gasteiger charge is 2.24. The van der Waals surface area contributed by atoms with Crippen molar-refractivity contribution in [1.82, 2.24) is 24.9 Å². The maximum Gasteiger partial charge on any atom is 0.327 e. The van der Waals surface area contributed by atoms with Crippen molar-refractivity contribution in [1.29, 1.82) is 0 Å². The van der Waals surface area contributed by atoms with Crippen LogP contribution in [0.3, 0.4) is 0 Å². The van der Waals surface area contributed by atoms with E-state index in [0.29, 0.717) is 35.4 Å². The van der Waals surface area contributed by atoms with E-state index in [4.69, 9.17) is 10.5 Å². The lowest BCUT2D eigenvalue weighted by Crippen LogP contribution is -2.24. The summed E-state index contributed by atoms with van der Waals surface area (Å²) < 4.78 is 7.28. The molecule has 1 fully saturated rings. The van der Waals surface area contributed by atoms with Crippen LogP contribution < -0.4 is 21.1 Å². The van der Waals surface area contributed by atoms with Gasteiger partial charge in [0.2, 0.25) is 12.4 Å². The number of rotatable bonds is 9. The molecule has 0 saturated heterocycles. The summed E-state index contributed by atoms with van der Waals surface area (Å²) in [6, 6.07) is 7.22. The van der Waals surface area contributed by atoms with Crippen molar-refractivity contribution in [2.45, 2.75) is 25.5 Å². The number of benzene rings is 1. The Labute approximate surface area is 170 Å². The summed E-state index contributed by atoms with van der Waals surface area (Å²) in [6.45, 7) is -0.0687. The largest absolute Gasteiger partial charge is 0.424 e. The average molecular weight is 409 g/mol. The number of anilines is 1. The molecule has 1 aromatic carbocycles. The van der Waals surface area contributed by atoms with Gasteiger partial charge in [0.05, 0.1) is 12.8 Å². The van der Waals surface area contributed by atoms with E-state index in [1.807, 2.05) is 0 Å². The first kappa shape index (κ1) is 19.3. The van der Waals surface area contributed by atoms with Crippen molar-refractivity contribution < 1.29 is 19.4 Å². The number of amides is 2. The van der Waals surface area contributed by atoms with Gasteiger partial charge < -0.3 is 26.2 Å². The van der Waals surface area contributed by atoms with Crippen molar-refractivity contribution in [3.8, 4) is 11.8 Å². The molecule has 2 heterocycles. The Morgan fingerprint density at radius 3 is 2.70 bits per heavy atom. The number of carbonyl (C=O) groups excluding carboxylic acids is 2. The molecule has 154 valence electrons. The predicted molar refractivity (Wildman–Crippen MR) is 106 cm³/mol. The second kappa shape index (κ2) is 8.17. The molecule has 2 amide bonds. The van der Waals surface area contributed by atoms with Crippen molar-refractivity contribution >= 4 is 30.0 Å². The highest BCUT2D eigenvalue weighted by atomic mass is 16.5. The number of aromatic nitrogens is 4. The van der Waals surface area contributed by atoms with Gasteiger partial charge in [-0.05, 0) is 36.6 Å². The molecule has 2 aromatic heterocycles. The van der Waals surface area contributed by atoms with E-state index in [2.05, 4.69) is 25.7 Å². The Morgan fingerprint density at radius 1 is 1.30 bits per heavy atom. The molecule has 30 heavy (non-hydrogen) atoms. The van der Waals surface area contributed by atoms with Gasteiger partial charge in [-0.3, -0.25) is 9.59 Å². The number of nitrogens with zero attached hydrogens (tertiary/aromatic N) is 4. The van der Waals surface area contributed by atoms with Crippen LogP contribution in [0.25, 0.3) is 11.7 Å². The molecule has 5 N–H and O–H groups in total. The molecule has 0 atom stereocenters. The Morgan fingerprint density at radius 2 is 2.07 bits per heavy atom. The summed E-state index contributed by atoms with van der Waals surface area (Å²) in [5.41, 5.74) is 6.76. The number of carbonyl (C=O) groups is 2. The fourth-order valence-corrected chi connectivity index (χ4v) is 2.70. The van der Waals surface area contributed by atoms with Gasteiger partial charge in [0.1, 0.15) is 11.4 Å². The number of nitrogens with two attached hydrogens (primary N) is 1. The van der Waals surface area contributed by atoms with Crippen molar-refractivity contribution in [2.24, 2.45) is 5.73 Å². The third kappa shape index (κ3) is 4.20. The van der Waals surface area contributed by atoms with Crippen LogP contribution in [-0.2, 0) is 16.2 Å². The van der Waals surface area contributed by atoms with E-state index in [1.165, 1.54) is 16.8 Å². The van der Waals surface area contributed by atoms with E-state index in [9.17, 15) is 14.7 Å². The lowest BCUT2D eigenvalue weighted by atomic mass is 10.2. The summed E-state index contributed by atoms with van der Waals surface area (Å²) in [5.74, 6) is 0.131. The molecule has 0 radical (unpaired) electrons. The van der Waals surface area contributed by atoms with Crippen LogP contribution in [0, 0.1) is 0 Å². The monoisotopic (exact) mass is 409 g/mol. The van der Waals surface area contributed by atoms with E-state index in [1.54, 1.807) is 24.3 Å². The van der Waals surface area contributed by atoms with Gasteiger partial charge in [0.15, 0.2) is 5.65 Å². The zero-order valence-corrected chi connectivity index (χ0v) is 15.8. The first-order chi connectivity index (χ1) is 14.6. The van der Waals surface area contributed by atoms with Crippen LogP contribution in [0.2, 0.25) is 0 Å². The zero-order chi connectivity index (χ0) is 21.1. The highest BCUT2D eigenvalue weighted by Crippen LogP contribution is 2.27. The number of hydrogen-bond acceptors (Lipinski definition) is 8. The van der Waals surface area contributed by atoms with Crippen LogP contribution in [0.5, 0.6) is 11.8 Å². The first-order valence-corrected chi connectivity index (χ1v) is 9.19. The van der Waals surface area contributed by atoms with Crippen LogP contribution >= 0.6 is 0 Å². The quantitative estimate of drug-likeness (QED) is 0.295. The average Bonchev–Trinajstić information content (AvgIpc) is 3.47. The van der Waals surface area contributed by atoms with Crippen molar-refractivity contribution in [3.05, 3.63) is 47.3 Å². The van der Waals surface area contributed by atoms with Crippen molar-refractivity contribution in [3.63, 3.8) is 0 Å². The second-order valence-corrected chi connectivity index (χ2v) is 6.67. The lowest BCUT2D eigenvalue weighted by Gasteiger charge is -2.10. The molecule has 3 aromatic rings. The molecule has 1 aliphatic carbocycles. The minimum atomic E-state index is -0.799. The predicted octanol–water partition coefficient (Wildman–Crippen LogP) is 0.555. The topological polar surface area (TPSA) is 157 Å².